The molecule has 86 valence electrons. The van der Waals surface area contributed by atoms with Crippen LogP contribution in [0.2, 0.25) is 0 Å². The molecule has 1 N–H and O–H groups in total. The van der Waals surface area contributed by atoms with E-state index in [1.165, 1.54) is 18.7 Å². The van der Waals surface area contributed by atoms with Crippen molar-refractivity contribution in [1.82, 2.24) is 14.9 Å². The summed E-state index contributed by atoms with van der Waals surface area (Å²) in [4.78, 5) is 4.34. The van der Waals surface area contributed by atoms with Gasteiger partial charge < -0.3 is 9.88 Å². The summed E-state index contributed by atoms with van der Waals surface area (Å²) in [6.45, 7) is 6.63. The molecule has 3 heteroatoms. The first-order valence-electron chi connectivity index (χ1n) is 5.94. The molecule has 0 spiro atoms. The van der Waals surface area contributed by atoms with E-state index in [4.69, 9.17) is 0 Å². The molecular weight excluding hydrogens is 186 g/mol. The van der Waals surface area contributed by atoms with Crippen LogP contribution in [0.25, 0.3) is 0 Å². The predicted molar refractivity (Wildman–Crippen MR) is 63.9 cm³/mol. The second kappa shape index (κ2) is 6.62. The van der Waals surface area contributed by atoms with Gasteiger partial charge in [-0.15, -0.1) is 0 Å². The first kappa shape index (κ1) is 12.2. The molecule has 1 atom stereocenters. The number of nitrogens with zero attached hydrogens (tertiary/aromatic N) is 2. The van der Waals surface area contributed by atoms with Crippen LogP contribution in [-0.2, 0) is 13.5 Å². The van der Waals surface area contributed by atoms with Gasteiger partial charge in [0.05, 0.1) is 0 Å². The van der Waals surface area contributed by atoms with Crippen LogP contribution in [0.4, 0.5) is 0 Å². The molecule has 0 saturated carbocycles. The molecule has 0 fully saturated rings. The number of rotatable bonds is 7. The number of aromatic nitrogens is 2. The van der Waals surface area contributed by atoms with Crippen molar-refractivity contribution < 1.29 is 0 Å². The summed E-state index contributed by atoms with van der Waals surface area (Å²) in [7, 11) is 2.06. The molecule has 1 aromatic rings. The monoisotopic (exact) mass is 209 g/mol. The molecule has 15 heavy (non-hydrogen) atoms. The minimum absolute atomic E-state index is 0.779. The summed E-state index contributed by atoms with van der Waals surface area (Å²) in [6, 6.07) is 0. The van der Waals surface area contributed by atoms with Crippen LogP contribution < -0.4 is 5.32 Å². The Bertz CT molecular complexity index is 268. The van der Waals surface area contributed by atoms with E-state index >= 15 is 0 Å². The summed E-state index contributed by atoms with van der Waals surface area (Å²) in [5.74, 6) is 1.98. The van der Waals surface area contributed by atoms with Crippen molar-refractivity contribution in [2.45, 2.75) is 33.1 Å². The Morgan fingerprint density at radius 2 is 2.27 bits per heavy atom. The molecular formula is C12H23N3. The van der Waals surface area contributed by atoms with Crippen molar-refractivity contribution in [3.8, 4) is 0 Å². The highest BCUT2D eigenvalue weighted by Crippen LogP contribution is 2.11. The van der Waals surface area contributed by atoms with Crippen LogP contribution >= 0.6 is 0 Å². The average molecular weight is 209 g/mol. The molecule has 0 aliphatic rings. The fraction of sp³-hybridized carbons (Fsp3) is 0.750. The molecule has 0 bridgehead atoms. The van der Waals surface area contributed by atoms with Gasteiger partial charge in [-0.25, -0.2) is 4.98 Å². The van der Waals surface area contributed by atoms with Crippen molar-refractivity contribution in [2.75, 3.05) is 13.1 Å². The van der Waals surface area contributed by atoms with E-state index in [0.717, 1.165) is 25.4 Å². The Labute approximate surface area is 92.9 Å². The van der Waals surface area contributed by atoms with E-state index < -0.39 is 0 Å². The fourth-order valence-electron chi connectivity index (χ4n) is 1.77. The third-order valence-electron chi connectivity index (χ3n) is 2.96. The van der Waals surface area contributed by atoms with Crippen LogP contribution in [0.3, 0.4) is 0 Å². The summed E-state index contributed by atoms with van der Waals surface area (Å²) in [5, 5.41) is 3.42. The lowest BCUT2D eigenvalue weighted by atomic mass is 10.00. The summed E-state index contributed by atoms with van der Waals surface area (Å²) >= 11 is 0. The van der Waals surface area contributed by atoms with E-state index in [1.807, 2.05) is 12.4 Å². The van der Waals surface area contributed by atoms with Crippen LogP contribution in [0.1, 0.15) is 32.5 Å². The molecule has 1 aromatic heterocycles. The first-order valence-corrected chi connectivity index (χ1v) is 5.94. The fourth-order valence-corrected chi connectivity index (χ4v) is 1.77. The first-order chi connectivity index (χ1) is 7.27. The van der Waals surface area contributed by atoms with E-state index in [0.29, 0.717) is 0 Å². The number of imidazole rings is 1. The van der Waals surface area contributed by atoms with Gasteiger partial charge in [-0.05, 0) is 25.4 Å². The van der Waals surface area contributed by atoms with Gasteiger partial charge in [0.15, 0.2) is 0 Å². The lowest BCUT2D eigenvalue weighted by Gasteiger charge is -2.14. The minimum Gasteiger partial charge on any atom is -0.338 e. The number of hydrogen-bond acceptors (Lipinski definition) is 2. The van der Waals surface area contributed by atoms with Gasteiger partial charge in [-0.1, -0.05) is 20.3 Å². The lowest BCUT2D eigenvalue weighted by Crippen LogP contribution is -2.22. The van der Waals surface area contributed by atoms with E-state index in [2.05, 4.69) is 35.8 Å². The second-order valence-corrected chi connectivity index (χ2v) is 4.08. The van der Waals surface area contributed by atoms with Gasteiger partial charge in [-0.3, -0.25) is 0 Å². The maximum Gasteiger partial charge on any atom is 0.108 e. The molecule has 0 aliphatic heterocycles. The van der Waals surface area contributed by atoms with Crippen molar-refractivity contribution in [3.05, 3.63) is 18.2 Å². The standard InChI is InChI=1S/C12H23N3/c1-4-11(10-13-5-2)6-7-12-14-8-9-15(12)3/h8-9,11,13H,4-7,10H2,1-3H3. The number of aryl methyl sites for hydroxylation is 2. The van der Waals surface area contributed by atoms with Crippen molar-refractivity contribution in [1.29, 1.82) is 0 Å². The maximum absolute atomic E-state index is 4.34. The van der Waals surface area contributed by atoms with Crippen LogP contribution in [0.5, 0.6) is 0 Å². The lowest BCUT2D eigenvalue weighted by molar-refractivity contribution is 0.433. The Balaban J connectivity index is 2.31. The zero-order valence-corrected chi connectivity index (χ0v) is 10.2. The van der Waals surface area contributed by atoms with Crippen molar-refractivity contribution in [2.24, 2.45) is 13.0 Å². The van der Waals surface area contributed by atoms with Crippen molar-refractivity contribution in [3.63, 3.8) is 0 Å². The molecule has 1 unspecified atom stereocenters. The summed E-state index contributed by atoms with van der Waals surface area (Å²) < 4.78 is 2.11. The Kier molecular flexibility index (Phi) is 5.40. The number of hydrogen-bond donors (Lipinski definition) is 1. The van der Waals surface area contributed by atoms with E-state index in [9.17, 15) is 0 Å². The highest BCUT2D eigenvalue weighted by Gasteiger charge is 2.07. The zero-order valence-electron chi connectivity index (χ0n) is 10.2. The molecule has 0 radical (unpaired) electrons. The smallest absolute Gasteiger partial charge is 0.108 e. The van der Waals surface area contributed by atoms with Crippen LogP contribution in [0, 0.1) is 5.92 Å². The number of nitrogens with one attached hydrogen (secondary N) is 1. The van der Waals surface area contributed by atoms with Gasteiger partial charge in [0.1, 0.15) is 5.82 Å². The topological polar surface area (TPSA) is 29.9 Å². The molecule has 0 aromatic carbocycles. The second-order valence-electron chi connectivity index (χ2n) is 4.08. The van der Waals surface area contributed by atoms with Crippen LogP contribution in [-0.4, -0.2) is 22.6 Å². The highest BCUT2D eigenvalue weighted by molar-refractivity contribution is 4.91. The quantitative estimate of drug-likeness (QED) is 0.744. The molecule has 0 aliphatic carbocycles. The third-order valence-corrected chi connectivity index (χ3v) is 2.96. The molecule has 0 amide bonds. The van der Waals surface area contributed by atoms with E-state index in [1.54, 1.807) is 0 Å². The predicted octanol–water partition coefficient (Wildman–Crippen LogP) is 1.99. The average Bonchev–Trinajstić information content (AvgIpc) is 2.65. The van der Waals surface area contributed by atoms with Gasteiger partial charge in [-0.2, -0.15) is 0 Å². The Morgan fingerprint density at radius 1 is 1.47 bits per heavy atom. The molecule has 1 rings (SSSR count). The molecule has 0 saturated heterocycles. The van der Waals surface area contributed by atoms with Gasteiger partial charge >= 0.3 is 0 Å². The van der Waals surface area contributed by atoms with Gasteiger partial charge in [0.25, 0.3) is 0 Å². The van der Waals surface area contributed by atoms with Crippen molar-refractivity contribution >= 4 is 0 Å². The normalized spacial score (nSPS) is 13.0. The molecule has 3 nitrogen and oxygen atoms in total. The Hall–Kier alpha value is -0.830. The highest BCUT2D eigenvalue weighted by atomic mass is 15.0. The van der Waals surface area contributed by atoms with Gasteiger partial charge in [0, 0.05) is 25.9 Å². The minimum atomic E-state index is 0.779. The van der Waals surface area contributed by atoms with E-state index in [-0.39, 0.29) is 0 Å². The molecule has 1 heterocycles. The summed E-state index contributed by atoms with van der Waals surface area (Å²) in [6.07, 6.45) is 7.46. The largest absolute Gasteiger partial charge is 0.338 e. The van der Waals surface area contributed by atoms with Crippen LogP contribution in [0.15, 0.2) is 12.4 Å². The summed E-state index contributed by atoms with van der Waals surface area (Å²) in [5.41, 5.74) is 0. The Morgan fingerprint density at radius 3 is 2.80 bits per heavy atom. The zero-order chi connectivity index (χ0) is 11.1. The van der Waals surface area contributed by atoms with Gasteiger partial charge in [0.2, 0.25) is 0 Å². The third kappa shape index (κ3) is 4.04. The maximum atomic E-state index is 4.34. The SMILES string of the molecule is CCNCC(CC)CCc1nccn1C.